The molecule has 2 aromatic rings. The van der Waals surface area contributed by atoms with E-state index in [4.69, 9.17) is 4.74 Å². The van der Waals surface area contributed by atoms with Crippen LogP contribution in [0.4, 0.5) is 13.2 Å². The van der Waals surface area contributed by atoms with Crippen molar-refractivity contribution in [1.82, 2.24) is 4.98 Å². The molecule has 0 aliphatic heterocycles. The number of halogens is 3. The second-order valence-corrected chi connectivity index (χ2v) is 3.21. The Morgan fingerprint density at radius 1 is 1.19 bits per heavy atom. The second kappa shape index (κ2) is 3.66. The molecule has 1 aromatic heterocycles. The molecule has 0 atom stereocenters. The second-order valence-electron chi connectivity index (χ2n) is 3.21. The van der Waals surface area contributed by atoms with Gasteiger partial charge in [-0.05, 0) is 18.2 Å². The number of hydrogen-bond acceptors (Lipinski definition) is 2. The molecule has 0 aliphatic rings. The van der Waals surface area contributed by atoms with E-state index in [1.54, 1.807) is 6.07 Å². The van der Waals surface area contributed by atoms with E-state index in [0.29, 0.717) is 11.1 Å². The molecule has 2 rings (SSSR count). The van der Waals surface area contributed by atoms with E-state index < -0.39 is 11.7 Å². The van der Waals surface area contributed by atoms with Crippen molar-refractivity contribution in [3.63, 3.8) is 0 Å². The number of aromatic nitrogens is 1. The fraction of sp³-hybridized carbons (Fsp3) is 0.182. The van der Waals surface area contributed by atoms with Gasteiger partial charge in [-0.1, -0.05) is 6.07 Å². The van der Waals surface area contributed by atoms with Gasteiger partial charge >= 0.3 is 6.18 Å². The maximum Gasteiger partial charge on any atom is 0.418 e. The Labute approximate surface area is 89.7 Å². The van der Waals surface area contributed by atoms with Crippen LogP contribution in [-0.2, 0) is 6.18 Å². The highest BCUT2D eigenvalue weighted by Crippen LogP contribution is 2.35. The van der Waals surface area contributed by atoms with Crippen LogP contribution in [0, 0.1) is 0 Å². The van der Waals surface area contributed by atoms with E-state index in [9.17, 15) is 13.2 Å². The highest BCUT2D eigenvalue weighted by atomic mass is 19.4. The summed E-state index contributed by atoms with van der Waals surface area (Å²) in [6.07, 6.45) is -3.10. The Balaban J connectivity index is 2.79. The lowest BCUT2D eigenvalue weighted by atomic mass is 10.1. The monoisotopic (exact) mass is 227 g/mol. The van der Waals surface area contributed by atoms with Crippen molar-refractivity contribution >= 4 is 10.9 Å². The summed E-state index contributed by atoms with van der Waals surface area (Å²) in [5, 5.41) is 0.361. The summed E-state index contributed by atoms with van der Waals surface area (Å²) in [6.45, 7) is 0. The van der Waals surface area contributed by atoms with Gasteiger partial charge in [-0.25, -0.2) is 0 Å². The van der Waals surface area contributed by atoms with Gasteiger partial charge < -0.3 is 4.74 Å². The number of alkyl halides is 3. The van der Waals surface area contributed by atoms with Gasteiger partial charge in [0.2, 0.25) is 0 Å². The van der Waals surface area contributed by atoms with Gasteiger partial charge in [0.1, 0.15) is 5.75 Å². The van der Waals surface area contributed by atoms with Crippen LogP contribution in [0.25, 0.3) is 10.9 Å². The van der Waals surface area contributed by atoms with Crippen LogP contribution in [0.1, 0.15) is 5.56 Å². The number of hydrogen-bond donors (Lipinski definition) is 0. The molecule has 0 amide bonds. The van der Waals surface area contributed by atoms with Crippen LogP contribution < -0.4 is 4.74 Å². The molecule has 0 fully saturated rings. The molecule has 84 valence electrons. The van der Waals surface area contributed by atoms with Crippen LogP contribution in [0.3, 0.4) is 0 Å². The average molecular weight is 227 g/mol. The molecule has 2 nitrogen and oxygen atoms in total. The lowest BCUT2D eigenvalue weighted by molar-refractivity contribution is -0.136. The Hall–Kier alpha value is -1.78. The minimum absolute atomic E-state index is 0.0886. The predicted molar refractivity (Wildman–Crippen MR) is 53.3 cm³/mol. The normalized spacial score (nSPS) is 11.8. The van der Waals surface area contributed by atoms with Crippen LogP contribution in [0.2, 0.25) is 0 Å². The quantitative estimate of drug-likeness (QED) is 0.745. The van der Waals surface area contributed by atoms with Crippen LogP contribution in [-0.4, -0.2) is 12.1 Å². The maximum atomic E-state index is 12.7. The predicted octanol–water partition coefficient (Wildman–Crippen LogP) is 3.26. The first-order valence-electron chi connectivity index (χ1n) is 4.53. The zero-order chi connectivity index (χ0) is 11.8. The molecule has 0 radical (unpaired) electrons. The topological polar surface area (TPSA) is 22.1 Å². The molecule has 1 aromatic carbocycles. The van der Waals surface area contributed by atoms with Crippen molar-refractivity contribution in [1.29, 1.82) is 0 Å². The lowest BCUT2D eigenvalue weighted by Gasteiger charge is -2.10. The van der Waals surface area contributed by atoms with Crippen molar-refractivity contribution in [2.75, 3.05) is 7.11 Å². The maximum absolute atomic E-state index is 12.7. The molecule has 0 unspecified atom stereocenters. The fourth-order valence-electron chi connectivity index (χ4n) is 1.56. The average Bonchev–Trinajstić information content (AvgIpc) is 2.26. The Morgan fingerprint density at radius 2 is 1.94 bits per heavy atom. The summed E-state index contributed by atoms with van der Waals surface area (Å²) in [4.78, 5) is 3.76. The minimum Gasteiger partial charge on any atom is -0.496 e. The smallest absolute Gasteiger partial charge is 0.418 e. The lowest BCUT2D eigenvalue weighted by Crippen LogP contribution is -2.06. The molecule has 0 saturated heterocycles. The molecule has 0 spiro atoms. The number of ether oxygens (including phenoxy) is 1. The third kappa shape index (κ3) is 1.68. The van der Waals surface area contributed by atoms with Crippen molar-refractivity contribution in [2.24, 2.45) is 0 Å². The van der Waals surface area contributed by atoms with E-state index in [1.165, 1.54) is 25.4 Å². The molecular weight excluding hydrogens is 219 g/mol. The van der Waals surface area contributed by atoms with Gasteiger partial charge in [-0.2, -0.15) is 13.2 Å². The molecule has 5 heteroatoms. The van der Waals surface area contributed by atoms with Crippen LogP contribution in [0.15, 0.2) is 30.5 Å². The number of nitrogens with zero attached hydrogens (tertiary/aromatic N) is 1. The third-order valence-corrected chi connectivity index (χ3v) is 2.26. The summed E-state index contributed by atoms with van der Waals surface area (Å²) in [7, 11) is 1.41. The summed E-state index contributed by atoms with van der Waals surface area (Å²) in [5.74, 6) is 0.385. The zero-order valence-corrected chi connectivity index (χ0v) is 8.38. The number of para-hydroxylation sites is 1. The zero-order valence-electron chi connectivity index (χ0n) is 8.38. The highest BCUT2D eigenvalue weighted by molar-refractivity contribution is 5.87. The van der Waals surface area contributed by atoms with Crippen LogP contribution >= 0.6 is 0 Å². The first-order valence-corrected chi connectivity index (χ1v) is 4.53. The number of fused-ring (bicyclic) bond motifs is 1. The van der Waals surface area contributed by atoms with Gasteiger partial charge in [-0.3, -0.25) is 4.98 Å². The molecule has 0 N–H and O–H groups in total. The number of rotatable bonds is 1. The Kier molecular flexibility index (Phi) is 2.46. The van der Waals surface area contributed by atoms with E-state index >= 15 is 0 Å². The molecule has 0 bridgehead atoms. The van der Waals surface area contributed by atoms with Crippen molar-refractivity contribution in [2.45, 2.75) is 6.18 Å². The first-order chi connectivity index (χ1) is 7.54. The molecule has 0 saturated carbocycles. The number of benzene rings is 1. The fourth-order valence-corrected chi connectivity index (χ4v) is 1.56. The van der Waals surface area contributed by atoms with Gasteiger partial charge in [0.15, 0.2) is 0 Å². The number of methoxy groups -OCH3 is 1. The Morgan fingerprint density at radius 3 is 2.56 bits per heavy atom. The Bertz CT molecular complexity index is 522. The molecule has 0 aliphatic carbocycles. The van der Waals surface area contributed by atoms with Gasteiger partial charge in [0.25, 0.3) is 0 Å². The molecular formula is C11H8F3NO. The van der Waals surface area contributed by atoms with Gasteiger partial charge in [0, 0.05) is 11.6 Å². The third-order valence-electron chi connectivity index (χ3n) is 2.26. The van der Waals surface area contributed by atoms with E-state index in [-0.39, 0.29) is 5.52 Å². The molecule has 16 heavy (non-hydrogen) atoms. The van der Waals surface area contributed by atoms with E-state index in [2.05, 4.69) is 4.98 Å². The van der Waals surface area contributed by atoms with Crippen molar-refractivity contribution in [3.8, 4) is 5.75 Å². The van der Waals surface area contributed by atoms with Gasteiger partial charge in [0.05, 0.1) is 18.2 Å². The molecule has 1 heterocycles. The van der Waals surface area contributed by atoms with Gasteiger partial charge in [-0.15, -0.1) is 0 Å². The largest absolute Gasteiger partial charge is 0.496 e. The summed E-state index contributed by atoms with van der Waals surface area (Å²) < 4.78 is 43.0. The van der Waals surface area contributed by atoms with E-state index in [0.717, 1.165) is 6.07 Å². The standard InChI is InChI=1S/C11H8F3NO/c1-16-9-5-6-15-10-7(9)3-2-4-8(10)11(12,13)14/h2-6H,1H3. The summed E-state index contributed by atoms with van der Waals surface area (Å²) in [5.41, 5.74) is -0.835. The summed E-state index contributed by atoms with van der Waals surface area (Å²) in [6, 6.07) is 5.43. The van der Waals surface area contributed by atoms with Crippen molar-refractivity contribution < 1.29 is 17.9 Å². The minimum atomic E-state index is -4.40. The van der Waals surface area contributed by atoms with Crippen molar-refractivity contribution in [3.05, 3.63) is 36.0 Å². The number of pyridine rings is 1. The van der Waals surface area contributed by atoms with E-state index in [1.807, 2.05) is 0 Å². The highest BCUT2D eigenvalue weighted by Gasteiger charge is 2.33. The van der Waals surface area contributed by atoms with Crippen LogP contribution in [0.5, 0.6) is 5.75 Å². The summed E-state index contributed by atoms with van der Waals surface area (Å²) >= 11 is 0. The first kappa shape index (κ1) is 10.7. The SMILES string of the molecule is COc1ccnc2c(C(F)(F)F)cccc12.